The number of ketones is 1. The topological polar surface area (TPSA) is 57.6 Å². The van der Waals surface area contributed by atoms with Crippen LogP contribution in [0.1, 0.15) is 29.8 Å². The van der Waals surface area contributed by atoms with Crippen LogP contribution in [0.2, 0.25) is 10.0 Å². The number of halogens is 2. The molecule has 1 aliphatic rings. The minimum absolute atomic E-state index is 0.0827. The van der Waals surface area contributed by atoms with Crippen molar-refractivity contribution in [3.63, 3.8) is 0 Å². The van der Waals surface area contributed by atoms with Gasteiger partial charge in [-0.2, -0.15) is 0 Å². The largest absolute Gasteiger partial charge is 0.507 e. The fourth-order valence-electron chi connectivity index (χ4n) is 2.89. The van der Waals surface area contributed by atoms with Gasteiger partial charge in [0.05, 0.1) is 21.7 Å². The molecule has 0 aliphatic carbocycles. The lowest BCUT2D eigenvalue weighted by molar-refractivity contribution is -0.139. The van der Waals surface area contributed by atoms with E-state index in [0.29, 0.717) is 23.6 Å². The average Bonchev–Trinajstić information content (AvgIpc) is 3.19. The van der Waals surface area contributed by atoms with Crippen LogP contribution in [0.3, 0.4) is 0 Å². The van der Waals surface area contributed by atoms with Crippen LogP contribution in [0, 0.1) is 0 Å². The van der Waals surface area contributed by atoms with Crippen molar-refractivity contribution in [3.05, 3.63) is 61.8 Å². The molecule has 1 atom stereocenters. The maximum Gasteiger partial charge on any atom is 0.295 e. The molecule has 1 aliphatic heterocycles. The number of hydrogen-bond acceptors (Lipinski definition) is 4. The third kappa shape index (κ3) is 3.19. The summed E-state index contributed by atoms with van der Waals surface area (Å²) in [6, 6.07) is 7.72. The van der Waals surface area contributed by atoms with Gasteiger partial charge < -0.3 is 10.0 Å². The number of hydrogen-bond donors (Lipinski definition) is 1. The van der Waals surface area contributed by atoms with E-state index in [9.17, 15) is 14.7 Å². The highest BCUT2D eigenvalue weighted by atomic mass is 35.5. The number of benzene rings is 1. The molecular formula is C18H15Cl2NO3S. The number of rotatable bonds is 4. The van der Waals surface area contributed by atoms with Crippen LogP contribution in [0.5, 0.6) is 0 Å². The number of carbonyl (C=O) groups is 2. The van der Waals surface area contributed by atoms with Crippen molar-refractivity contribution in [2.75, 3.05) is 6.54 Å². The second kappa shape index (κ2) is 7.20. The minimum Gasteiger partial charge on any atom is -0.507 e. The van der Waals surface area contributed by atoms with Gasteiger partial charge >= 0.3 is 0 Å². The Morgan fingerprint density at radius 2 is 2.00 bits per heavy atom. The van der Waals surface area contributed by atoms with E-state index in [1.54, 1.807) is 12.1 Å². The molecule has 0 saturated carbocycles. The Kier molecular flexibility index (Phi) is 5.18. The van der Waals surface area contributed by atoms with Crippen molar-refractivity contribution in [1.82, 2.24) is 4.90 Å². The van der Waals surface area contributed by atoms with Crippen molar-refractivity contribution in [3.8, 4) is 0 Å². The van der Waals surface area contributed by atoms with Gasteiger partial charge in [-0.25, -0.2) is 0 Å². The van der Waals surface area contributed by atoms with Crippen LogP contribution in [0.4, 0.5) is 0 Å². The van der Waals surface area contributed by atoms with Gasteiger partial charge in [-0.15, -0.1) is 11.3 Å². The van der Waals surface area contributed by atoms with Crippen LogP contribution in [-0.4, -0.2) is 28.2 Å². The van der Waals surface area contributed by atoms with Gasteiger partial charge in [0.2, 0.25) is 0 Å². The number of aliphatic hydroxyl groups excluding tert-OH is 1. The van der Waals surface area contributed by atoms with E-state index in [1.165, 1.54) is 22.3 Å². The molecule has 0 spiro atoms. The number of thiophene rings is 1. The third-order valence-electron chi connectivity index (χ3n) is 4.01. The van der Waals surface area contributed by atoms with Crippen LogP contribution in [-0.2, 0) is 9.59 Å². The van der Waals surface area contributed by atoms with Gasteiger partial charge in [-0.1, -0.05) is 36.2 Å². The molecule has 0 radical (unpaired) electrons. The molecule has 25 heavy (non-hydrogen) atoms. The van der Waals surface area contributed by atoms with Crippen molar-refractivity contribution in [1.29, 1.82) is 0 Å². The first-order valence-corrected chi connectivity index (χ1v) is 9.36. The second-order valence-electron chi connectivity index (χ2n) is 5.64. The lowest BCUT2D eigenvalue weighted by atomic mass is 10.00. The number of aliphatic hydroxyl groups is 1. The Balaban J connectivity index is 2.17. The molecule has 1 N–H and O–H groups in total. The highest BCUT2D eigenvalue weighted by molar-refractivity contribution is 7.10. The summed E-state index contributed by atoms with van der Waals surface area (Å²) in [4.78, 5) is 27.4. The van der Waals surface area contributed by atoms with Gasteiger partial charge in [-0.05, 0) is 36.1 Å². The van der Waals surface area contributed by atoms with Crippen LogP contribution >= 0.6 is 34.5 Å². The van der Waals surface area contributed by atoms with E-state index in [1.807, 2.05) is 24.4 Å². The van der Waals surface area contributed by atoms with Crippen molar-refractivity contribution in [2.24, 2.45) is 0 Å². The fraction of sp³-hybridized carbons (Fsp3) is 0.222. The zero-order valence-corrected chi connectivity index (χ0v) is 15.7. The van der Waals surface area contributed by atoms with Crippen molar-refractivity contribution >= 4 is 52.0 Å². The highest BCUT2D eigenvalue weighted by Crippen LogP contribution is 2.41. The van der Waals surface area contributed by atoms with Gasteiger partial charge in [0, 0.05) is 17.0 Å². The molecule has 2 heterocycles. The fourth-order valence-corrected chi connectivity index (χ4v) is 4.04. The van der Waals surface area contributed by atoms with E-state index < -0.39 is 17.7 Å². The zero-order valence-electron chi connectivity index (χ0n) is 13.3. The number of Topliss-reactive ketones (excluding diaryl/α,β-unsaturated/α-hetero) is 1. The molecule has 1 aromatic carbocycles. The SMILES string of the molecule is CCCN1C(=O)C(=O)/C(=C(\O)c2ccc(Cl)c(Cl)c2)C1c1cccs1. The van der Waals surface area contributed by atoms with E-state index in [0.717, 1.165) is 4.88 Å². The maximum atomic E-state index is 12.6. The van der Waals surface area contributed by atoms with Crippen molar-refractivity contribution in [2.45, 2.75) is 19.4 Å². The summed E-state index contributed by atoms with van der Waals surface area (Å²) >= 11 is 13.4. The molecule has 1 amide bonds. The van der Waals surface area contributed by atoms with Gasteiger partial charge in [0.1, 0.15) is 5.76 Å². The van der Waals surface area contributed by atoms with Gasteiger partial charge in [0.25, 0.3) is 11.7 Å². The molecule has 1 saturated heterocycles. The molecular weight excluding hydrogens is 381 g/mol. The first-order chi connectivity index (χ1) is 12.0. The molecule has 130 valence electrons. The minimum atomic E-state index is -0.685. The van der Waals surface area contributed by atoms with Gasteiger partial charge in [0.15, 0.2) is 0 Å². The third-order valence-corrected chi connectivity index (χ3v) is 5.67. The standard InChI is InChI=1S/C18H15Cl2NO3S/c1-2-7-21-15(13-4-3-8-25-13)14(17(23)18(21)24)16(22)10-5-6-11(19)12(20)9-10/h3-6,8-9,15,22H,2,7H2,1H3/b16-14-. The Hall–Kier alpha value is -1.82. The average molecular weight is 396 g/mol. The first-order valence-electron chi connectivity index (χ1n) is 7.73. The summed E-state index contributed by atoms with van der Waals surface area (Å²) in [6.07, 6.45) is 0.710. The summed E-state index contributed by atoms with van der Waals surface area (Å²) in [5.74, 6) is -1.52. The van der Waals surface area contributed by atoms with E-state index in [2.05, 4.69) is 0 Å². The van der Waals surface area contributed by atoms with Crippen molar-refractivity contribution < 1.29 is 14.7 Å². The van der Waals surface area contributed by atoms with Gasteiger partial charge in [-0.3, -0.25) is 9.59 Å². The summed E-state index contributed by atoms with van der Waals surface area (Å²) in [7, 11) is 0. The lowest BCUT2D eigenvalue weighted by Gasteiger charge is -2.23. The Morgan fingerprint density at radius 3 is 2.60 bits per heavy atom. The van der Waals surface area contributed by atoms with Crippen LogP contribution in [0.15, 0.2) is 41.3 Å². The van der Waals surface area contributed by atoms with E-state index >= 15 is 0 Å². The van der Waals surface area contributed by atoms with E-state index in [-0.39, 0.29) is 16.4 Å². The molecule has 0 bridgehead atoms. The maximum absolute atomic E-state index is 12.6. The Labute approximate surface area is 159 Å². The molecule has 7 heteroatoms. The highest BCUT2D eigenvalue weighted by Gasteiger charge is 2.46. The smallest absolute Gasteiger partial charge is 0.295 e. The normalized spacial score (nSPS) is 19.6. The molecule has 2 aromatic rings. The zero-order chi connectivity index (χ0) is 18.1. The summed E-state index contributed by atoms with van der Waals surface area (Å²) < 4.78 is 0. The number of likely N-dealkylation sites (tertiary alicyclic amines) is 1. The predicted molar refractivity (Wildman–Crippen MR) is 100 cm³/mol. The quantitative estimate of drug-likeness (QED) is 0.455. The summed E-state index contributed by atoms with van der Waals surface area (Å²) in [5.41, 5.74) is 0.435. The Morgan fingerprint density at radius 1 is 1.24 bits per heavy atom. The van der Waals surface area contributed by atoms with E-state index in [4.69, 9.17) is 23.2 Å². The first kappa shape index (κ1) is 18.0. The molecule has 1 fully saturated rings. The molecule has 3 rings (SSSR count). The number of nitrogens with zero attached hydrogens (tertiary/aromatic N) is 1. The summed E-state index contributed by atoms with van der Waals surface area (Å²) in [6.45, 7) is 2.37. The Bertz CT molecular complexity index is 861. The van der Waals surface area contributed by atoms with Crippen LogP contribution < -0.4 is 0 Å². The number of carbonyl (C=O) groups excluding carboxylic acids is 2. The number of amides is 1. The molecule has 1 aromatic heterocycles. The lowest BCUT2D eigenvalue weighted by Crippen LogP contribution is -2.30. The summed E-state index contributed by atoms with van der Waals surface area (Å²) in [5, 5.41) is 13.2. The predicted octanol–water partition coefficient (Wildman–Crippen LogP) is 4.89. The molecule has 1 unspecified atom stereocenters. The van der Waals surface area contributed by atoms with Crippen LogP contribution in [0.25, 0.3) is 5.76 Å². The monoisotopic (exact) mass is 395 g/mol. The molecule has 4 nitrogen and oxygen atoms in total. The second-order valence-corrected chi connectivity index (χ2v) is 7.43.